The van der Waals surface area contributed by atoms with Crippen LogP contribution in [0.4, 0.5) is 10.1 Å². The summed E-state index contributed by atoms with van der Waals surface area (Å²) < 4.78 is 14.3. The molecule has 0 heterocycles. The first-order valence-electron chi connectivity index (χ1n) is 6.15. The van der Waals surface area contributed by atoms with Gasteiger partial charge in [0.05, 0.1) is 12.2 Å². The first kappa shape index (κ1) is 14.7. The monoisotopic (exact) mass is 336 g/mol. The molecule has 5 heteroatoms. The van der Waals surface area contributed by atoms with Crippen LogP contribution in [0.3, 0.4) is 0 Å². The molecule has 0 saturated carbocycles. The second-order valence-electron chi connectivity index (χ2n) is 4.26. The van der Waals surface area contributed by atoms with E-state index in [1.807, 2.05) is 24.3 Å². The summed E-state index contributed by atoms with van der Waals surface area (Å²) in [4.78, 5) is 11.7. The van der Waals surface area contributed by atoms with Crippen molar-refractivity contribution in [1.82, 2.24) is 5.32 Å². The molecule has 0 aromatic heterocycles. The quantitative estimate of drug-likeness (QED) is 0.879. The van der Waals surface area contributed by atoms with Crippen molar-refractivity contribution in [2.24, 2.45) is 0 Å². The highest BCUT2D eigenvalue weighted by Crippen LogP contribution is 2.12. The molecule has 2 rings (SSSR count). The number of rotatable bonds is 5. The van der Waals surface area contributed by atoms with E-state index in [4.69, 9.17) is 0 Å². The lowest BCUT2D eigenvalue weighted by Crippen LogP contribution is -2.28. The molecule has 0 radical (unpaired) electrons. The topological polar surface area (TPSA) is 41.1 Å². The summed E-state index contributed by atoms with van der Waals surface area (Å²) in [5.74, 6) is -0.710. The van der Waals surface area contributed by atoms with Gasteiger partial charge in [0.25, 0.3) is 0 Å². The fraction of sp³-hybridized carbons (Fsp3) is 0.133. The van der Waals surface area contributed by atoms with Crippen molar-refractivity contribution in [1.29, 1.82) is 0 Å². The molecule has 20 heavy (non-hydrogen) atoms. The van der Waals surface area contributed by atoms with Crippen molar-refractivity contribution in [3.05, 3.63) is 64.4 Å². The number of nitrogens with one attached hydrogen (secondary N) is 2. The summed E-state index contributed by atoms with van der Waals surface area (Å²) in [7, 11) is 0. The fourth-order valence-corrected chi connectivity index (χ4v) is 2.17. The van der Waals surface area contributed by atoms with Crippen molar-refractivity contribution < 1.29 is 9.18 Å². The van der Waals surface area contributed by atoms with Gasteiger partial charge in [-0.05, 0) is 29.8 Å². The second kappa shape index (κ2) is 7.17. The van der Waals surface area contributed by atoms with E-state index in [0.29, 0.717) is 6.54 Å². The zero-order valence-electron chi connectivity index (χ0n) is 10.7. The lowest BCUT2D eigenvalue weighted by atomic mass is 10.2. The molecule has 0 bridgehead atoms. The Bertz CT molecular complexity index is 604. The number of halogens is 2. The lowest BCUT2D eigenvalue weighted by Gasteiger charge is -2.07. The van der Waals surface area contributed by atoms with Crippen LogP contribution >= 0.6 is 15.9 Å². The summed E-state index contributed by atoms with van der Waals surface area (Å²) in [6.45, 7) is 0.699. The third kappa shape index (κ3) is 4.43. The van der Waals surface area contributed by atoms with Gasteiger partial charge in [0.1, 0.15) is 5.82 Å². The van der Waals surface area contributed by atoms with E-state index in [2.05, 4.69) is 26.6 Å². The number of carbonyl (C=O) groups is 1. The molecule has 0 aliphatic carbocycles. The standard InChI is InChI=1S/C15H14BrFN2O/c16-12-5-3-4-11(8-12)9-18-10-15(20)19-14-7-2-1-6-13(14)17/h1-8,18H,9-10H2,(H,19,20). The van der Waals surface area contributed by atoms with Gasteiger partial charge in [-0.3, -0.25) is 4.79 Å². The number of benzene rings is 2. The maximum Gasteiger partial charge on any atom is 0.238 e. The zero-order valence-corrected chi connectivity index (χ0v) is 12.3. The van der Waals surface area contributed by atoms with Crippen LogP contribution in [0.2, 0.25) is 0 Å². The Morgan fingerprint density at radius 1 is 1.15 bits per heavy atom. The Morgan fingerprint density at radius 2 is 1.95 bits per heavy atom. The van der Waals surface area contributed by atoms with Gasteiger partial charge >= 0.3 is 0 Å². The summed E-state index contributed by atoms with van der Waals surface area (Å²) in [5, 5.41) is 5.54. The number of hydrogen-bond acceptors (Lipinski definition) is 2. The van der Waals surface area contributed by atoms with Gasteiger partial charge in [0.15, 0.2) is 0 Å². The van der Waals surface area contributed by atoms with E-state index in [1.165, 1.54) is 12.1 Å². The Labute approximate surface area is 125 Å². The van der Waals surface area contributed by atoms with E-state index in [0.717, 1.165) is 10.0 Å². The normalized spacial score (nSPS) is 10.3. The minimum absolute atomic E-state index is 0.126. The van der Waals surface area contributed by atoms with Crippen molar-refractivity contribution in [3.8, 4) is 0 Å². The lowest BCUT2D eigenvalue weighted by molar-refractivity contribution is -0.115. The summed E-state index contributed by atoms with van der Waals surface area (Å²) in [6.07, 6.45) is 0. The Balaban J connectivity index is 1.80. The highest BCUT2D eigenvalue weighted by atomic mass is 79.9. The van der Waals surface area contributed by atoms with Crippen LogP contribution in [0.1, 0.15) is 5.56 Å². The smallest absolute Gasteiger partial charge is 0.238 e. The summed E-state index contributed by atoms with van der Waals surface area (Å²) in [6, 6.07) is 13.9. The van der Waals surface area contributed by atoms with Crippen LogP contribution < -0.4 is 10.6 Å². The number of carbonyl (C=O) groups excluding carboxylic acids is 1. The molecule has 2 aromatic carbocycles. The molecule has 0 aliphatic heterocycles. The maximum absolute atomic E-state index is 13.3. The number of anilines is 1. The van der Waals surface area contributed by atoms with Crippen LogP contribution in [0.5, 0.6) is 0 Å². The molecule has 0 unspecified atom stereocenters. The fourth-order valence-electron chi connectivity index (χ4n) is 1.72. The molecule has 0 fully saturated rings. The minimum atomic E-state index is -0.437. The molecule has 2 N–H and O–H groups in total. The van der Waals surface area contributed by atoms with Gasteiger partial charge in [-0.1, -0.05) is 40.2 Å². The first-order valence-corrected chi connectivity index (χ1v) is 6.94. The molecular formula is C15H14BrFN2O. The average molecular weight is 337 g/mol. The molecule has 1 amide bonds. The SMILES string of the molecule is O=C(CNCc1cccc(Br)c1)Nc1ccccc1F. The van der Waals surface area contributed by atoms with Gasteiger partial charge in [0.2, 0.25) is 5.91 Å². The van der Waals surface area contributed by atoms with Crippen LogP contribution in [0.15, 0.2) is 53.0 Å². The van der Waals surface area contributed by atoms with Gasteiger partial charge < -0.3 is 10.6 Å². The van der Waals surface area contributed by atoms with Gasteiger partial charge in [0, 0.05) is 11.0 Å². The van der Waals surface area contributed by atoms with E-state index in [9.17, 15) is 9.18 Å². The Morgan fingerprint density at radius 3 is 2.70 bits per heavy atom. The van der Waals surface area contributed by atoms with Crippen LogP contribution in [-0.4, -0.2) is 12.5 Å². The predicted octanol–water partition coefficient (Wildman–Crippen LogP) is 3.32. The van der Waals surface area contributed by atoms with Crippen molar-refractivity contribution in [2.75, 3.05) is 11.9 Å². The minimum Gasteiger partial charge on any atom is -0.322 e. The van der Waals surface area contributed by atoms with Crippen LogP contribution in [0.25, 0.3) is 0 Å². The Hall–Kier alpha value is -1.72. The number of para-hydroxylation sites is 1. The van der Waals surface area contributed by atoms with Gasteiger partial charge in [-0.15, -0.1) is 0 Å². The largest absolute Gasteiger partial charge is 0.322 e. The van der Waals surface area contributed by atoms with Crippen molar-refractivity contribution in [3.63, 3.8) is 0 Å². The molecular weight excluding hydrogens is 323 g/mol. The van der Waals surface area contributed by atoms with Crippen LogP contribution in [0, 0.1) is 5.82 Å². The molecule has 0 aliphatic rings. The van der Waals surface area contributed by atoms with E-state index in [1.54, 1.807) is 12.1 Å². The number of amides is 1. The second-order valence-corrected chi connectivity index (χ2v) is 5.18. The average Bonchev–Trinajstić information content (AvgIpc) is 2.41. The Kier molecular flexibility index (Phi) is 5.26. The van der Waals surface area contributed by atoms with Gasteiger partial charge in [-0.25, -0.2) is 4.39 Å². The van der Waals surface area contributed by atoms with Crippen LogP contribution in [-0.2, 0) is 11.3 Å². The van der Waals surface area contributed by atoms with Gasteiger partial charge in [-0.2, -0.15) is 0 Å². The zero-order chi connectivity index (χ0) is 14.4. The molecule has 104 valence electrons. The molecule has 3 nitrogen and oxygen atoms in total. The highest BCUT2D eigenvalue weighted by molar-refractivity contribution is 9.10. The molecule has 2 aromatic rings. The third-order valence-electron chi connectivity index (χ3n) is 2.65. The number of hydrogen-bond donors (Lipinski definition) is 2. The molecule has 0 saturated heterocycles. The van der Waals surface area contributed by atoms with Crippen molar-refractivity contribution >= 4 is 27.5 Å². The maximum atomic E-state index is 13.3. The van der Waals surface area contributed by atoms with E-state index >= 15 is 0 Å². The molecule has 0 spiro atoms. The van der Waals surface area contributed by atoms with Crippen molar-refractivity contribution in [2.45, 2.75) is 6.54 Å². The summed E-state index contributed by atoms with van der Waals surface area (Å²) >= 11 is 3.39. The third-order valence-corrected chi connectivity index (χ3v) is 3.14. The highest BCUT2D eigenvalue weighted by Gasteiger charge is 2.05. The van der Waals surface area contributed by atoms with E-state index < -0.39 is 5.82 Å². The first-order chi connectivity index (χ1) is 9.65. The summed E-state index contributed by atoms with van der Waals surface area (Å²) in [5.41, 5.74) is 1.26. The molecule has 0 atom stereocenters. The van der Waals surface area contributed by atoms with E-state index in [-0.39, 0.29) is 18.1 Å². The predicted molar refractivity (Wildman–Crippen MR) is 80.9 cm³/mol.